The van der Waals surface area contributed by atoms with Gasteiger partial charge in [0.15, 0.2) is 0 Å². The lowest BCUT2D eigenvalue weighted by Crippen LogP contribution is -2.52. The number of benzene rings is 3. The maximum Gasteiger partial charge on any atom is 0.264 e. The highest BCUT2D eigenvalue weighted by Gasteiger charge is 2.32. The van der Waals surface area contributed by atoms with E-state index in [1.54, 1.807) is 49.4 Å². The molecule has 0 saturated heterocycles. The van der Waals surface area contributed by atoms with Crippen molar-refractivity contribution >= 4 is 27.5 Å². The van der Waals surface area contributed by atoms with E-state index in [2.05, 4.69) is 5.32 Å². The first-order chi connectivity index (χ1) is 18.0. The van der Waals surface area contributed by atoms with Gasteiger partial charge in [-0.05, 0) is 63.9 Å². The van der Waals surface area contributed by atoms with Crippen molar-refractivity contribution in [2.75, 3.05) is 10.8 Å². The summed E-state index contributed by atoms with van der Waals surface area (Å²) in [5.74, 6) is -0.759. The van der Waals surface area contributed by atoms with Crippen molar-refractivity contribution in [2.24, 2.45) is 0 Å². The van der Waals surface area contributed by atoms with Crippen LogP contribution < -0.4 is 9.62 Å². The van der Waals surface area contributed by atoms with Gasteiger partial charge >= 0.3 is 0 Å². The van der Waals surface area contributed by atoms with E-state index in [4.69, 9.17) is 0 Å². The third-order valence-electron chi connectivity index (χ3n) is 6.57. The molecule has 0 aliphatic heterocycles. The Balaban J connectivity index is 2.00. The lowest BCUT2D eigenvalue weighted by Gasteiger charge is -2.32. The predicted octanol–water partition coefficient (Wildman–Crippen LogP) is 4.83. The standard InChI is InChI=1S/C30H37N3O4S/c1-6-24(4)31-30(35)25(5)32(20-26-16-12-22(2)13-17-26)29(34)21-33(27-18-14-23(3)15-19-27)38(36,37)28-10-8-7-9-11-28/h7-19,24-25H,6,20-21H2,1-5H3,(H,31,35)/t24-,25-/m1/s1. The van der Waals surface area contributed by atoms with E-state index in [-0.39, 0.29) is 23.4 Å². The van der Waals surface area contributed by atoms with Gasteiger partial charge in [0, 0.05) is 12.6 Å². The van der Waals surface area contributed by atoms with Crippen molar-refractivity contribution < 1.29 is 18.0 Å². The zero-order chi connectivity index (χ0) is 27.9. The number of nitrogens with one attached hydrogen (secondary N) is 1. The molecule has 0 heterocycles. The van der Waals surface area contributed by atoms with Gasteiger partial charge in [-0.15, -0.1) is 0 Å². The van der Waals surface area contributed by atoms with Gasteiger partial charge in [-0.25, -0.2) is 8.42 Å². The number of nitrogens with zero attached hydrogens (tertiary/aromatic N) is 2. The van der Waals surface area contributed by atoms with Gasteiger partial charge in [-0.3, -0.25) is 13.9 Å². The minimum atomic E-state index is -4.06. The number of rotatable bonds is 11. The summed E-state index contributed by atoms with van der Waals surface area (Å²) in [6.45, 7) is 9.15. The van der Waals surface area contributed by atoms with Gasteiger partial charge < -0.3 is 10.2 Å². The normalized spacial score (nSPS) is 12.9. The molecule has 0 fully saturated rings. The number of hydrogen-bond donors (Lipinski definition) is 1. The maximum atomic E-state index is 13.9. The number of amides is 2. The van der Waals surface area contributed by atoms with Crippen molar-refractivity contribution in [3.63, 3.8) is 0 Å². The van der Waals surface area contributed by atoms with E-state index < -0.39 is 28.5 Å². The lowest BCUT2D eigenvalue weighted by molar-refractivity contribution is -0.139. The minimum Gasteiger partial charge on any atom is -0.352 e. The molecule has 0 aliphatic carbocycles. The third kappa shape index (κ3) is 7.22. The molecule has 0 aliphatic rings. The Morgan fingerprint density at radius 3 is 1.95 bits per heavy atom. The second-order valence-electron chi connectivity index (χ2n) is 9.66. The fourth-order valence-electron chi connectivity index (χ4n) is 3.90. The zero-order valence-corrected chi connectivity index (χ0v) is 23.5. The van der Waals surface area contributed by atoms with Crippen LogP contribution >= 0.6 is 0 Å². The van der Waals surface area contributed by atoms with Crippen molar-refractivity contribution in [3.8, 4) is 0 Å². The number of carbonyl (C=O) groups excluding carboxylic acids is 2. The van der Waals surface area contributed by atoms with Crippen LogP contribution in [0.1, 0.15) is 43.9 Å². The van der Waals surface area contributed by atoms with Gasteiger partial charge in [0.05, 0.1) is 10.6 Å². The Labute approximate surface area is 226 Å². The zero-order valence-electron chi connectivity index (χ0n) is 22.7. The summed E-state index contributed by atoms with van der Waals surface area (Å²) in [7, 11) is -4.06. The first-order valence-electron chi connectivity index (χ1n) is 12.8. The van der Waals surface area contributed by atoms with Crippen molar-refractivity contribution in [1.82, 2.24) is 10.2 Å². The summed E-state index contributed by atoms with van der Waals surface area (Å²) in [4.78, 5) is 28.5. The molecule has 8 heteroatoms. The number of sulfonamides is 1. The molecule has 2 atom stereocenters. The molecule has 0 radical (unpaired) electrons. The highest BCUT2D eigenvalue weighted by molar-refractivity contribution is 7.92. The van der Waals surface area contributed by atoms with Crippen LogP contribution in [0.4, 0.5) is 5.69 Å². The van der Waals surface area contributed by atoms with E-state index in [0.717, 1.165) is 27.4 Å². The number of anilines is 1. The third-order valence-corrected chi connectivity index (χ3v) is 8.36. The lowest BCUT2D eigenvalue weighted by atomic mass is 10.1. The van der Waals surface area contributed by atoms with E-state index in [1.165, 1.54) is 17.0 Å². The average Bonchev–Trinajstić information content (AvgIpc) is 2.91. The number of aryl methyl sites for hydroxylation is 2. The van der Waals surface area contributed by atoms with Crippen LogP contribution in [0.2, 0.25) is 0 Å². The summed E-state index contributed by atoms with van der Waals surface area (Å²) < 4.78 is 28.6. The largest absolute Gasteiger partial charge is 0.352 e. The summed E-state index contributed by atoms with van der Waals surface area (Å²) in [6, 6.07) is 21.9. The molecule has 7 nitrogen and oxygen atoms in total. The molecule has 0 spiro atoms. The molecule has 38 heavy (non-hydrogen) atoms. The Kier molecular flexibility index (Phi) is 9.69. The smallest absolute Gasteiger partial charge is 0.264 e. The van der Waals surface area contributed by atoms with Crippen LogP contribution in [0, 0.1) is 13.8 Å². The van der Waals surface area contributed by atoms with Crippen molar-refractivity contribution in [1.29, 1.82) is 0 Å². The van der Waals surface area contributed by atoms with Crippen molar-refractivity contribution in [3.05, 3.63) is 95.6 Å². The molecule has 1 N–H and O–H groups in total. The van der Waals surface area contributed by atoms with Gasteiger partial charge in [0.1, 0.15) is 12.6 Å². The van der Waals surface area contributed by atoms with E-state index in [9.17, 15) is 18.0 Å². The molecule has 0 unspecified atom stereocenters. The van der Waals surface area contributed by atoms with Crippen molar-refractivity contribution in [2.45, 2.75) is 64.6 Å². The first-order valence-corrected chi connectivity index (χ1v) is 14.3. The SMILES string of the molecule is CC[C@@H](C)NC(=O)[C@@H](C)N(Cc1ccc(C)cc1)C(=O)CN(c1ccc(C)cc1)S(=O)(=O)c1ccccc1. The molecule has 0 aromatic heterocycles. The summed E-state index contributed by atoms with van der Waals surface area (Å²) in [6.07, 6.45) is 0.751. The summed E-state index contributed by atoms with van der Waals surface area (Å²) in [5.41, 5.74) is 3.27. The topological polar surface area (TPSA) is 86.8 Å². The minimum absolute atomic E-state index is 0.0520. The van der Waals surface area contributed by atoms with Gasteiger partial charge in [-0.1, -0.05) is 72.6 Å². The van der Waals surface area contributed by atoms with Gasteiger partial charge in [0.25, 0.3) is 10.0 Å². The first kappa shape index (κ1) is 28.9. The molecule has 0 bridgehead atoms. The molecule has 0 saturated carbocycles. The monoisotopic (exact) mass is 535 g/mol. The molecular formula is C30H37N3O4S. The van der Waals surface area contributed by atoms with Crippen LogP contribution in [-0.2, 0) is 26.2 Å². The average molecular weight is 536 g/mol. The Hall–Kier alpha value is -3.65. The Morgan fingerprint density at radius 1 is 0.842 bits per heavy atom. The van der Waals surface area contributed by atoms with Crippen LogP contribution in [0.5, 0.6) is 0 Å². The number of carbonyl (C=O) groups is 2. The van der Waals surface area contributed by atoms with Gasteiger partial charge in [-0.2, -0.15) is 0 Å². The van der Waals surface area contributed by atoms with E-state index in [1.807, 2.05) is 52.0 Å². The second kappa shape index (κ2) is 12.7. The predicted molar refractivity (Wildman–Crippen MR) is 151 cm³/mol. The Morgan fingerprint density at radius 2 is 1.39 bits per heavy atom. The molecule has 3 rings (SSSR count). The second-order valence-corrected chi connectivity index (χ2v) is 11.5. The number of hydrogen-bond acceptors (Lipinski definition) is 4. The van der Waals surface area contributed by atoms with Crippen LogP contribution in [-0.4, -0.2) is 43.8 Å². The molecule has 3 aromatic rings. The van der Waals surface area contributed by atoms with Crippen LogP contribution in [0.25, 0.3) is 0 Å². The molecule has 202 valence electrons. The molecule has 2 amide bonds. The van der Waals surface area contributed by atoms with E-state index >= 15 is 0 Å². The fraction of sp³-hybridized carbons (Fsp3) is 0.333. The highest BCUT2D eigenvalue weighted by atomic mass is 32.2. The van der Waals surface area contributed by atoms with Crippen LogP contribution in [0.15, 0.2) is 83.8 Å². The Bertz CT molecular complexity index is 1320. The highest BCUT2D eigenvalue weighted by Crippen LogP contribution is 2.25. The van der Waals surface area contributed by atoms with E-state index in [0.29, 0.717) is 5.69 Å². The van der Waals surface area contributed by atoms with Crippen LogP contribution in [0.3, 0.4) is 0 Å². The molecular weight excluding hydrogens is 498 g/mol. The maximum absolute atomic E-state index is 13.9. The fourth-order valence-corrected chi connectivity index (χ4v) is 5.33. The summed E-state index contributed by atoms with van der Waals surface area (Å²) >= 11 is 0. The quantitative estimate of drug-likeness (QED) is 0.381. The summed E-state index contributed by atoms with van der Waals surface area (Å²) in [5, 5.41) is 2.94. The van der Waals surface area contributed by atoms with Gasteiger partial charge in [0.2, 0.25) is 11.8 Å². The molecule has 3 aromatic carbocycles.